The summed E-state index contributed by atoms with van der Waals surface area (Å²) in [7, 11) is 0. The summed E-state index contributed by atoms with van der Waals surface area (Å²) in [6, 6.07) is 0. The number of rotatable bonds is 8. The van der Waals surface area contributed by atoms with E-state index in [0.29, 0.717) is 13.0 Å². The number of carbonyl (C=O) groups is 2. The smallest absolute Gasteiger partial charge is 0.302 e. The van der Waals surface area contributed by atoms with Crippen molar-refractivity contribution < 1.29 is 14.3 Å². The van der Waals surface area contributed by atoms with Gasteiger partial charge in [-0.3, -0.25) is 4.79 Å². The molecule has 1 saturated heterocycles. The first kappa shape index (κ1) is 19.1. The molecular weight excluding hydrogens is 254 g/mol. The number of esters is 1. The van der Waals surface area contributed by atoms with Gasteiger partial charge in [0.25, 0.3) is 0 Å². The van der Waals surface area contributed by atoms with E-state index in [4.69, 9.17) is 4.74 Å². The van der Waals surface area contributed by atoms with E-state index in [1.165, 1.54) is 32.9 Å². The molecule has 0 amide bonds. The summed E-state index contributed by atoms with van der Waals surface area (Å²) in [5.74, 6) is 1.70. The van der Waals surface area contributed by atoms with Crippen molar-refractivity contribution in [2.24, 2.45) is 11.8 Å². The molecule has 0 aromatic rings. The minimum absolute atomic E-state index is 0.236. The van der Waals surface area contributed by atoms with Crippen molar-refractivity contribution in [2.45, 2.75) is 59.3 Å². The normalized spacial score (nSPS) is 20.9. The maximum absolute atomic E-state index is 10.3. The predicted molar refractivity (Wildman–Crippen MR) is 81.6 cm³/mol. The molecule has 1 fully saturated rings. The summed E-state index contributed by atoms with van der Waals surface area (Å²) >= 11 is 0. The van der Waals surface area contributed by atoms with Gasteiger partial charge in [0.05, 0.1) is 6.61 Å². The summed E-state index contributed by atoms with van der Waals surface area (Å²) < 4.78 is 4.69. The Morgan fingerprint density at radius 1 is 1.15 bits per heavy atom. The SMILES string of the molecule is CC(=O)OCCCCCC=O.CCC1CNCC1CC. The molecular formula is C16H31NO3. The highest BCUT2D eigenvalue weighted by atomic mass is 16.5. The van der Waals surface area contributed by atoms with E-state index >= 15 is 0 Å². The number of hydrogen-bond donors (Lipinski definition) is 1. The number of hydrogen-bond acceptors (Lipinski definition) is 4. The van der Waals surface area contributed by atoms with Gasteiger partial charge in [-0.2, -0.15) is 0 Å². The molecule has 0 bridgehead atoms. The van der Waals surface area contributed by atoms with Crippen molar-refractivity contribution in [1.82, 2.24) is 5.32 Å². The molecule has 1 aliphatic heterocycles. The zero-order valence-corrected chi connectivity index (χ0v) is 13.3. The van der Waals surface area contributed by atoms with Crippen molar-refractivity contribution in [3.63, 3.8) is 0 Å². The van der Waals surface area contributed by atoms with Gasteiger partial charge in [0, 0.05) is 13.3 Å². The Bertz CT molecular complexity index is 246. The van der Waals surface area contributed by atoms with E-state index in [0.717, 1.165) is 37.4 Å². The first-order valence-corrected chi connectivity index (χ1v) is 7.93. The second-order valence-corrected chi connectivity index (χ2v) is 5.35. The molecule has 2 unspecified atom stereocenters. The molecule has 1 heterocycles. The number of nitrogens with one attached hydrogen (secondary N) is 1. The van der Waals surface area contributed by atoms with E-state index in [1.807, 2.05) is 0 Å². The fraction of sp³-hybridized carbons (Fsp3) is 0.875. The van der Waals surface area contributed by atoms with E-state index in [-0.39, 0.29) is 5.97 Å². The van der Waals surface area contributed by atoms with Crippen molar-refractivity contribution in [1.29, 1.82) is 0 Å². The highest BCUT2D eigenvalue weighted by Crippen LogP contribution is 2.22. The van der Waals surface area contributed by atoms with Gasteiger partial charge in [-0.25, -0.2) is 0 Å². The highest BCUT2D eigenvalue weighted by Gasteiger charge is 2.22. The Kier molecular flexibility index (Phi) is 12.5. The van der Waals surface area contributed by atoms with E-state index < -0.39 is 0 Å². The lowest BCUT2D eigenvalue weighted by molar-refractivity contribution is -0.141. The highest BCUT2D eigenvalue weighted by molar-refractivity contribution is 5.65. The van der Waals surface area contributed by atoms with Crippen LogP contribution in [0.3, 0.4) is 0 Å². The number of ether oxygens (including phenoxy) is 1. The summed E-state index contributed by atoms with van der Waals surface area (Å²) in [5.41, 5.74) is 0. The van der Waals surface area contributed by atoms with Gasteiger partial charge >= 0.3 is 5.97 Å². The summed E-state index contributed by atoms with van der Waals surface area (Å²) in [6.07, 6.45) is 6.92. The first-order chi connectivity index (χ1) is 9.65. The number of carbonyl (C=O) groups excluding carboxylic acids is 2. The van der Waals surface area contributed by atoms with E-state index in [1.54, 1.807) is 0 Å². The Morgan fingerprint density at radius 2 is 1.75 bits per heavy atom. The maximum Gasteiger partial charge on any atom is 0.302 e. The molecule has 4 heteroatoms. The lowest BCUT2D eigenvalue weighted by atomic mass is 9.92. The second-order valence-electron chi connectivity index (χ2n) is 5.35. The van der Waals surface area contributed by atoms with Crippen LogP contribution in [0.1, 0.15) is 59.3 Å². The Morgan fingerprint density at radius 3 is 2.20 bits per heavy atom. The molecule has 20 heavy (non-hydrogen) atoms. The third-order valence-electron chi connectivity index (χ3n) is 3.80. The molecule has 2 atom stereocenters. The lowest BCUT2D eigenvalue weighted by Crippen LogP contribution is -2.09. The molecule has 0 saturated carbocycles. The van der Waals surface area contributed by atoms with Crippen LogP contribution in [0.2, 0.25) is 0 Å². The molecule has 0 spiro atoms. The third kappa shape index (κ3) is 9.96. The standard InChI is InChI=1S/C8H17N.C8H14O3/c1-3-7-5-9-6-8(7)4-2;1-8(10)11-7-5-3-2-4-6-9/h7-9H,3-6H2,1-2H3;6H,2-5,7H2,1H3. The Labute approximate surface area is 123 Å². The average Bonchev–Trinajstić information content (AvgIpc) is 2.90. The molecule has 1 N–H and O–H groups in total. The van der Waals surface area contributed by atoms with Gasteiger partial charge in [-0.05, 0) is 44.2 Å². The van der Waals surface area contributed by atoms with Gasteiger partial charge in [0.2, 0.25) is 0 Å². The molecule has 0 aromatic heterocycles. The summed E-state index contributed by atoms with van der Waals surface area (Å²) in [5, 5.41) is 3.42. The molecule has 1 rings (SSSR count). The van der Waals surface area contributed by atoms with Crippen molar-refractivity contribution in [3.8, 4) is 0 Å². The van der Waals surface area contributed by atoms with Crippen LogP contribution in [-0.4, -0.2) is 32.0 Å². The van der Waals surface area contributed by atoms with E-state index in [9.17, 15) is 9.59 Å². The van der Waals surface area contributed by atoms with Crippen LogP contribution >= 0.6 is 0 Å². The molecule has 0 aromatic carbocycles. The van der Waals surface area contributed by atoms with Crippen molar-refractivity contribution in [2.75, 3.05) is 19.7 Å². The van der Waals surface area contributed by atoms with Gasteiger partial charge in [-0.15, -0.1) is 0 Å². The van der Waals surface area contributed by atoms with Crippen LogP contribution in [0.4, 0.5) is 0 Å². The van der Waals surface area contributed by atoms with E-state index in [2.05, 4.69) is 19.2 Å². The van der Waals surface area contributed by atoms with Crippen LogP contribution in [-0.2, 0) is 14.3 Å². The van der Waals surface area contributed by atoms with Crippen LogP contribution in [0.15, 0.2) is 0 Å². The predicted octanol–water partition coefficient (Wildman–Crippen LogP) is 2.95. The molecule has 0 radical (unpaired) electrons. The molecule has 118 valence electrons. The zero-order valence-electron chi connectivity index (χ0n) is 13.3. The minimum Gasteiger partial charge on any atom is -0.466 e. The fourth-order valence-corrected chi connectivity index (χ4v) is 2.47. The third-order valence-corrected chi connectivity index (χ3v) is 3.80. The molecule has 1 aliphatic rings. The maximum atomic E-state index is 10.3. The van der Waals surface area contributed by atoms with Gasteiger partial charge in [-0.1, -0.05) is 26.7 Å². The quantitative estimate of drug-likeness (QED) is 0.423. The van der Waals surface area contributed by atoms with Gasteiger partial charge in [0.15, 0.2) is 0 Å². The van der Waals surface area contributed by atoms with Crippen LogP contribution in [0.25, 0.3) is 0 Å². The molecule has 0 aliphatic carbocycles. The van der Waals surface area contributed by atoms with Crippen LogP contribution in [0, 0.1) is 11.8 Å². The second kappa shape index (κ2) is 13.1. The zero-order chi connectivity index (χ0) is 15.2. The summed E-state index contributed by atoms with van der Waals surface area (Å²) in [4.78, 5) is 20.1. The summed E-state index contributed by atoms with van der Waals surface area (Å²) in [6.45, 7) is 8.98. The van der Waals surface area contributed by atoms with Crippen molar-refractivity contribution >= 4 is 12.3 Å². The van der Waals surface area contributed by atoms with Crippen LogP contribution < -0.4 is 5.32 Å². The van der Waals surface area contributed by atoms with Crippen molar-refractivity contribution in [3.05, 3.63) is 0 Å². The van der Waals surface area contributed by atoms with Gasteiger partial charge < -0.3 is 14.8 Å². The van der Waals surface area contributed by atoms with Crippen LogP contribution in [0.5, 0.6) is 0 Å². The largest absolute Gasteiger partial charge is 0.466 e. The number of aldehydes is 1. The van der Waals surface area contributed by atoms with Gasteiger partial charge in [0.1, 0.15) is 6.29 Å². The average molecular weight is 285 g/mol. The minimum atomic E-state index is -0.236. The number of unbranched alkanes of at least 4 members (excludes halogenated alkanes) is 3. The fourth-order valence-electron chi connectivity index (χ4n) is 2.47. The monoisotopic (exact) mass is 285 g/mol. The Hall–Kier alpha value is -0.900. The topological polar surface area (TPSA) is 55.4 Å². The Balaban J connectivity index is 0.000000367. The first-order valence-electron chi connectivity index (χ1n) is 7.93. The molecule has 4 nitrogen and oxygen atoms in total. The lowest BCUT2D eigenvalue weighted by Gasteiger charge is -2.12.